The van der Waals surface area contributed by atoms with E-state index in [-0.39, 0.29) is 0 Å². The highest BCUT2D eigenvalue weighted by Crippen LogP contribution is 2.35. The third-order valence-electron chi connectivity index (χ3n) is 3.33. The van der Waals surface area contributed by atoms with Crippen molar-refractivity contribution < 1.29 is 0 Å². The molecule has 1 saturated heterocycles. The summed E-state index contributed by atoms with van der Waals surface area (Å²) in [6.45, 7) is 7.88. The average molecular weight is 193 g/mol. The van der Waals surface area contributed by atoms with E-state index in [0.717, 1.165) is 18.4 Å². The van der Waals surface area contributed by atoms with Crippen molar-refractivity contribution in [1.29, 1.82) is 0 Å². The van der Waals surface area contributed by atoms with Crippen LogP contribution in [0.5, 0.6) is 0 Å². The molecule has 1 aromatic rings. The Bertz CT molecular complexity index is 308. The first kappa shape index (κ1) is 9.71. The van der Waals surface area contributed by atoms with Crippen molar-refractivity contribution >= 4 is 0 Å². The maximum atomic E-state index is 4.29. The van der Waals surface area contributed by atoms with Crippen LogP contribution < -0.4 is 5.32 Å². The molecule has 1 aliphatic heterocycles. The minimum atomic E-state index is 0.516. The molecule has 78 valence electrons. The Morgan fingerprint density at radius 3 is 2.64 bits per heavy atom. The third-order valence-corrected chi connectivity index (χ3v) is 3.33. The Balaban J connectivity index is 2.24. The molecule has 2 rings (SSSR count). The first-order chi connectivity index (χ1) is 6.61. The molecule has 1 fully saturated rings. The molecule has 0 aliphatic carbocycles. The van der Waals surface area contributed by atoms with E-state index in [1.54, 1.807) is 0 Å². The molecule has 2 unspecified atom stereocenters. The number of rotatable bonds is 2. The van der Waals surface area contributed by atoms with E-state index in [4.69, 9.17) is 0 Å². The highest BCUT2D eigenvalue weighted by Gasteiger charge is 2.36. The van der Waals surface area contributed by atoms with Crippen LogP contribution in [0.3, 0.4) is 0 Å². The molecule has 3 heteroatoms. The standard InChI is InChI=1S/C11H19N3/c1-7(2)9-6-12-10(9)11-8(3)5-13-14(11)4/h5,7,9-10,12H,6H2,1-4H3. The Kier molecular flexibility index (Phi) is 2.35. The maximum absolute atomic E-state index is 4.29. The lowest BCUT2D eigenvalue weighted by molar-refractivity contribution is 0.166. The van der Waals surface area contributed by atoms with E-state index >= 15 is 0 Å². The van der Waals surface area contributed by atoms with Crippen molar-refractivity contribution in [3.05, 3.63) is 17.5 Å². The van der Waals surface area contributed by atoms with Gasteiger partial charge in [-0.3, -0.25) is 4.68 Å². The zero-order chi connectivity index (χ0) is 10.3. The van der Waals surface area contributed by atoms with E-state index in [1.807, 2.05) is 17.9 Å². The van der Waals surface area contributed by atoms with Crippen LogP contribution in [0.4, 0.5) is 0 Å². The van der Waals surface area contributed by atoms with Crippen molar-refractivity contribution in [1.82, 2.24) is 15.1 Å². The molecule has 1 aromatic heterocycles. The van der Waals surface area contributed by atoms with Crippen molar-refractivity contribution in [3.8, 4) is 0 Å². The van der Waals surface area contributed by atoms with Crippen LogP contribution in [0.25, 0.3) is 0 Å². The Morgan fingerprint density at radius 2 is 2.29 bits per heavy atom. The first-order valence-electron chi connectivity index (χ1n) is 5.33. The van der Waals surface area contributed by atoms with Gasteiger partial charge >= 0.3 is 0 Å². The minimum absolute atomic E-state index is 0.516. The molecule has 0 aromatic carbocycles. The summed E-state index contributed by atoms with van der Waals surface area (Å²) in [4.78, 5) is 0. The molecular formula is C11H19N3. The van der Waals surface area contributed by atoms with Crippen LogP contribution in [-0.2, 0) is 7.05 Å². The molecule has 1 aliphatic rings. The highest BCUT2D eigenvalue weighted by atomic mass is 15.3. The summed E-state index contributed by atoms with van der Waals surface area (Å²) in [5.41, 5.74) is 2.66. The Labute approximate surface area is 85.5 Å². The van der Waals surface area contributed by atoms with Gasteiger partial charge in [-0.25, -0.2) is 0 Å². The number of aryl methyl sites for hydroxylation is 2. The number of nitrogens with one attached hydrogen (secondary N) is 1. The molecule has 0 saturated carbocycles. The Morgan fingerprint density at radius 1 is 1.57 bits per heavy atom. The van der Waals surface area contributed by atoms with Crippen molar-refractivity contribution in [2.24, 2.45) is 18.9 Å². The maximum Gasteiger partial charge on any atom is 0.0582 e. The SMILES string of the molecule is Cc1cnn(C)c1C1NCC1C(C)C. The summed E-state index contributed by atoms with van der Waals surface area (Å²) in [6, 6.07) is 0.516. The quantitative estimate of drug-likeness (QED) is 0.774. The molecular weight excluding hydrogens is 174 g/mol. The molecule has 2 heterocycles. The van der Waals surface area contributed by atoms with Gasteiger partial charge in [0, 0.05) is 13.6 Å². The van der Waals surface area contributed by atoms with Crippen molar-refractivity contribution in [2.75, 3.05) is 6.54 Å². The summed E-state index contributed by atoms with van der Waals surface area (Å²) >= 11 is 0. The zero-order valence-electron chi connectivity index (χ0n) is 9.41. The second kappa shape index (κ2) is 3.39. The van der Waals surface area contributed by atoms with E-state index in [2.05, 4.69) is 31.2 Å². The lowest BCUT2D eigenvalue weighted by atomic mass is 9.80. The summed E-state index contributed by atoms with van der Waals surface area (Å²) < 4.78 is 2.00. The highest BCUT2D eigenvalue weighted by molar-refractivity contribution is 5.22. The largest absolute Gasteiger partial charge is 0.308 e. The predicted molar refractivity (Wildman–Crippen MR) is 57.0 cm³/mol. The average Bonchev–Trinajstić information content (AvgIpc) is 2.33. The van der Waals surface area contributed by atoms with Crippen LogP contribution in [-0.4, -0.2) is 16.3 Å². The van der Waals surface area contributed by atoms with Gasteiger partial charge in [0.2, 0.25) is 0 Å². The van der Waals surface area contributed by atoms with Gasteiger partial charge in [0.15, 0.2) is 0 Å². The Hall–Kier alpha value is -0.830. The van der Waals surface area contributed by atoms with Crippen LogP contribution in [0.15, 0.2) is 6.20 Å². The number of nitrogens with zero attached hydrogens (tertiary/aromatic N) is 2. The lowest BCUT2D eigenvalue weighted by Crippen LogP contribution is -2.49. The van der Waals surface area contributed by atoms with Crippen molar-refractivity contribution in [3.63, 3.8) is 0 Å². The summed E-state index contributed by atoms with van der Waals surface area (Å²) in [6.07, 6.45) is 1.95. The topological polar surface area (TPSA) is 29.9 Å². The number of aromatic nitrogens is 2. The fourth-order valence-electron chi connectivity index (χ4n) is 2.30. The molecule has 0 amide bonds. The fraction of sp³-hybridized carbons (Fsp3) is 0.727. The van der Waals surface area contributed by atoms with Gasteiger partial charge in [-0.05, 0) is 24.3 Å². The number of hydrogen-bond donors (Lipinski definition) is 1. The van der Waals surface area contributed by atoms with Crippen LogP contribution in [0.1, 0.15) is 31.1 Å². The zero-order valence-corrected chi connectivity index (χ0v) is 9.41. The van der Waals surface area contributed by atoms with E-state index < -0.39 is 0 Å². The predicted octanol–water partition coefficient (Wildman–Crippen LogP) is 1.65. The van der Waals surface area contributed by atoms with Gasteiger partial charge < -0.3 is 5.32 Å². The van der Waals surface area contributed by atoms with Crippen LogP contribution in [0.2, 0.25) is 0 Å². The van der Waals surface area contributed by atoms with Crippen molar-refractivity contribution in [2.45, 2.75) is 26.8 Å². The first-order valence-corrected chi connectivity index (χ1v) is 5.33. The normalized spacial score (nSPS) is 26.6. The molecule has 0 spiro atoms. The summed E-state index contributed by atoms with van der Waals surface area (Å²) in [5, 5.41) is 7.79. The molecule has 0 radical (unpaired) electrons. The van der Waals surface area contributed by atoms with E-state index in [1.165, 1.54) is 11.3 Å². The van der Waals surface area contributed by atoms with E-state index in [0.29, 0.717) is 6.04 Å². The van der Waals surface area contributed by atoms with Gasteiger partial charge in [0.05, 0.1) is 17.9 Å². The summed E-state index contributed by atoms with van der Waals surface area (Å²) in [5.74, 6) is 1.51. The summed E-state index contributed by atoms with van der Waals surface area (Å²) in [7, 11) is 2.03. The second-order valence-electron chi connectivity index (χ2n) is 4.63. The van der Waals surface area contributed by atoms with Crippen LogP contribution in [0, 0.1) is 18.8 Å². The van der Waals surface area contributed by atoms with Gasteiger partial charge in [-0.15, -0.1) is 0 Å². The third kappa shape index (κ3) is 1.36. The van der Waals surface area contributed by atoms with E-state index in [9.17, 15) is 0 Å². The second-order valence-corrected chi connectivity index (χ2v) is 4.63. The number of hydrogen-bond acceptors (Lipinski definition) is 2. The lowest BCUT2D eigenvalue weighted by Gasteiger charge is -2.41. The fourth-order valence-corrected chi connectivity index (χ4v) is 2.30. The van der Waals surface area contributed by atoms with Gasteiger partial charge in [0.1, 0.15) is 0 Å². The van der Waals surface area contributed by atoms with Gasteiger partial charge in [-0.2, -0.15) is 5.10 Å². The smallest absolute Gasteiger partial charge is 0.0582 e. The van der Waals surface area contributed by atoms with Gasteiger partial charge in [-0.1, -0.05) is 13.8 Å². The van der Waals surface area contributed by atoms with Gasteiger partial charge in [0.25, 0.3) is 0 Å². The minimum Gasteiger partial charge on any atom is -0.308 e. The molecule has 2 atom stereocenters. The molecule has 0 bridgehead atoms. The monoisotopic (exact) mass is 193 g/mol. The molecule has 14 heavy (non-hydrogen) atoms. The molecule has 1 N–H and O–H groups in total. The van der Waals surface area contributed by atoms with Crippen LogP contribution >= 0.6 is 0 Å². The molecule has 3 nitrogen and oxygen atoms in total.